The Balaban J connectivity index is 0.786. The van der Waals surface area contributed by atoms with Crippen LogP contribution < -0.4 is 21.3 Å². The lowest BCUT2D eigenvalue weighted by Gasteiger charge is -2.55. The summed E-state index contributed by atoms with van der Waals surface area (Å²) in [5, 5.41) is 13.0. The van der Waals surface area contributed by atoms with E-state index in [2.05, 4.69) is 33.1 Å². The number of piperidine rings is 1. The van der Waals surface area contributed by atoms with Crippen molar-refractivity contribution in [1.82, 2.24) is 25.8 Å². The normalized spacial score (nSPS) is 31.0. The van der Waals surface area contributed by atoms with Gasteiger partial charge in [-0.25, -0.2) is 4.39 Å². The third-order valence-electron chi connectivity index (χ3n) is 16.6. The molecule has 2 bridgehead atoms. The zero-order chi connectivity index (χ0) is 45.0. The number of anilines is 1. The maximum Gasteiger partial charge on any atom is 0.255 e. The second kappa shape index (κ2) is 15.4. The number of fused-ring (bicyclic) bond motifs is 7. The van der Waals surface area contributed by atoms with Gasteiger partial charge in [-0.2, -0.15) is 0 Å². The topological polar surface area (TPSA) is 157 Å². The zero-order valence-corrected chi connectivity index (χ0v) is 37.3. The number of nitrogens with one attached hydrogen (secondary N) is 4. The molecular weight excluding hydrogens is 870 g/mol. The molecule has 12 rings (SSSR count). The maximum atomic E-state index is 16.5. The van der Waals surface area contributed by atoms with E-state index in [0.717, 1.165) is 24.8 Å². The van der Waals surface area contributed by atoms with E-state index >= 15 is 9.18 Å². The molecule has 65 heavy (non-hydrogen) atoms. The van der Waals surface area contributed by atoms with Gasteiger partial charge in [-0.3, -0.25) is 39.4 Å². The summed E-state index contributed by atoms with van der Waals surface area (Å²) in [4.78, 5) is 85.1. The number of halogens is 3. The molecule has 9 aliphatic rings. The Labute approximate surface area is 386 Å². The van der Waals surface area contributed by atoms with Crippen LogP contribution in [0.25, 0.3) is 0 Å². The Hall–Kier alpha value is -5.29. The van der Waals surface area contributed by atoms with Crippen LogP contribution in [0.4, 0.5) is 10.1 Å². The molecule has 6 amide bonds. The van der Waals surface area contributed by atoms with Crippen LogP contribution in [0.15, 0.2) is 54.6 Å². The van der Waals surface area contributed by atoms with E-state index in [-0.39, 0.29) is 65.4 Å². The van der Waals surface area contributed by atoms with E-state index in [1.807, 2.05) is 17.0 Å². The SMILES string of the molecule is O=C1CCC(N2Cc3c(C#CC4CN(C(=O)C56CCC(NC(=O)[C@@H]7NC8(CCCCC8)[C@@]8(C(=O)Nc9cc(Cl)ccc98)[C@H]7c7cccc(Cl)c7F)(CC5)CC6)C4)cccc3C2=O)C(=O)N1. The number of likely N-dealkylation sites (tertiary alicyclic amines) is 1. The van der Waals surface area contributed by atoms with Crippen LogP contribution in [0, 0.1) is 29.0 Å². The second-order valence-electron chi connectivity index (χ2n) is 19.8. The van der Waals surface area contributed by atoms with Gasteiger partial charge < -0.3 is 20.4 Å². The van der Waals surface area contributed by atoms with Crippen LogP contribution in [0.3, 0.4) is 0 Å². The molecule has 15 heteroatoms. The number of hydrogen-bond donors (Lipinski definition) is 4. The lowest BCUT2D eigenvalue weighted by molar-refractivity contribution is -0.155. The Morgan fingerprint density at radius 1 is 0.862 bits per heavy atom. The highest BCUT2D eigenvalue weighted by Gasteiger charge is 2.72. The predicted molar refractivity (Wildman–Crippen MR) is 239 cm³/mol. The monoisotopic (exact) mass is 918 g/mol. The van der Waals surface area contributed by atoms with Gasteiger partial charge in [0.15, 0.2) is 0 Å². The van der Waals surface area contributed by atoms with E-state index in [1.165, 1.54) is 11.0 Å². The van der Waals surface area contributed by atoms with Crippen LogP contribution in [-0.2, 0) is 35.9 Å². The molecule has 0 radical (unpaired) electrons. The van der Waals surface area contributed by atoms with E-state index in [0.29, 0.717) is 91.9 Å². The summed E-state index contributed by atoms with van der Waals surface area (Å²) in [6.07, 6.45) is 8.15. The van der Waals surface area contributed by atoms with Crippen molar-refractivity contribution in [2.24, 2.45) is 11.3 Å². The van der Waals surface area contributed by atoms with Gasteiger partial charge in [0.2, 0.25) is 29.5 Å². The van der Waals surface area contributed by atoms with Gasteiger partial charge in [0.1, 0.15) is 17.3 Å². The summed E-state index contributed by atoms with van der Waals surface area (Å²) in [5.41, 5.74) is 0.254. The van der Waals surface area contributed by atoms with Crippen molar-refractivity contribution in [3.05, 3.63) is 98.3 Å². The average Bonchev–Trinajstić information content (AvgIpc) is 3.88. The first kappa shape index (κ1) is 42.4. The van der Waals surface area contributed by atoms with Gasteiger partial charge in [0.25, 0.3) is 5.91 Å². The van der Waals surface area contributed by atoms with E-state index in [1.54, 1.807) is 36.4 Å². The molecule has 4 saturated carbocycles. The van der Waals surface area contributed by atoms with Crippen molar-refractivity contribution >= 4 is 64.3 Å². The van der Waals surface area contributed by atoms with Gasteiger partial charge in [0, 0.05) is 70.3 Å². The molecule has 2 spiro atoms. The maximum absolute atomic E-state index is 16.5. The zero-order valence-electron chi connectivity index (χ0n) is 35.8. The van der Waals surface area contributed by atoms with Crippen molar-refractivity contribution in [3.63, 3.8) is 0 Å². The largest absolute Gasteiger partial charge is 0.349 e. The highest BCUT2D eigenvalue weighted by atomic mass is 35.5. The standard InChI is InChI=1S/C50H49Cl2FN6O6/c51-30-12-13-34-36(24-30)54-45(64)50(34)39(32-8-5-9-35(52)40(32)53)41(56-49(50)16-2-1-3-17-49)43(62)57-48-21-18-47(19-22-48,20-23-48)46(65)58-25-28(26-58)10-11-29-6-4-7-31-33(29)27-59(44(31)63)37-14-15-38(60)55-42(37)61/h4-9,12-13,24,28,37,39,41,56H,1-3,14-23,25-27H2,(H,54,64)(H,57,62)(H,55,60,61)/t37?,39-,41+,47?,48?,50+/m0/s1. The molecule has 4 atom stereocenters. The van der Waals surface area contributed by atoms with Gasteiger partial charge in [-0.05, 0) is 105 Å². The first-order valence-corrected chi connectivity index (χ1v) is 23.8. The fraction of sp³-hybridized carbons (Fsp3) is 0.480. The molecule has 5 heterocycles. The van der Waals surface area contributed by atoms with E-state index in [4.69, 9.17) is 23.2 Å². The highest BCUT2D eigenvalue weighted by molar-refractivity contribution is 6.31. The third kappa shape index (κ3) is 6.40. The van der Waals surface area contributed by atoms with Crippen molar-refractivity contribution in [1.29, 1.82) is 0 Å². The predicted octanol–water partition coefficient (Wildman–Crippen LogP) is 6.26. The van der Waals surface area contributed by atoms with Crippen LogP contribution in [-0.4, -0.2) is 81.5 Å². The molecule has 7 fully saturated rings. The Kier molecular flexibility index (Phi) is 10.0. The molecule has 3 saturated heterocycles. The second-order valence-corrected chi connectivity index (χ2v) is 20.6. The summed E-state index contributed by atoms with van der Waals surface area (Å²) in [7, 11) is 0. The first-order chi connectivity index (χ1) is 31.3. The molecule has 4 N–H and O–H groups in total. The summed E-state index contributed by atoms with van der Waals surface area (Å²) in [6.45, 7) is 1.26. The molecular formula is C50H49Cl2FN6O6. The fourth-order valence-electron chi connectivity index (χ4n) is 13.2. The van der Waals surface area contributed by atoms with Crippen LogP contribution >= 0.6 is 23.2 Å². The number of carbonyl (C=O) groups is 6. The Morgan fingerprint density at radius 2 is 1.60 bits per heavy atom. The van der Waals surface area contributed by atoms with Crippen LogP contribution in [0.5, 0.6) is 0 Å². The van der Waals surface area contributed by atoms with Crippen LogP contribution in [0.1, 0.15) is 122 Å². The third-order valence-corrected chi connectivity index (χ3v) is 17.1. The molecule has 3 aromatic rings. The fourth-order valence-corrected chi connectivity index (χ4v) is 13.6. The van der Waals surface area contributed by atoms with Crippen molar-refractivity contribution in [2.45, 2.75) is 125 Å². The number of rotatable bonds is 5. The number of nitrogens with zero attached hydrogens (tertiary/aromatic N) is 2. The lowest BCUT2D eigenvalue weighted by Crippen LogP contribution is -2.64. The minimum absolute atomic E-state index is 0.0297. The minimum atomic E-state index is -1.32. The van der Waals surface area contributed by atoms with Gasteiger partial charge >= 0.3 is 0 Å². The van der Waals surface area contributed by atoms with Gasteiger partial charge in [-0.1, -0.05) is 78.6 Å². The molecule has 5 aliphatic heterocycles. The summed E-state index contributed by atoms with van der Waals surface area (Å²) < 4.78 is 16.5. The summed E-state index contributed by atoms with van der Waals surface area (Å²) in [5.74, 6) is 3.53. The number of hydrogen-bond acceptors (Lipinski definition) is 7. The first-order valence-electron chi connectivity index (χ1n) is 23.0. The van der Waals surface area contributed by atoms with Gasteiger partial charge in [0.05, 0.1) is 17.0 Å². The number of carbonyl (C=O) groups excluding carboxylic acids is 6. The average molecular weight is 920 g/mol. The summed E-state index contributed by atoms with van der Waals surface area (Å²) >= 11 is 12.9. The Morgan fingerprint density at radius 3 is 2.34 bits per heavy atom. The lowest BCUT2D eigenvalue weighted by atomic mass is 9.55. The molecule has 1 unspecified atom stereocenters. The van der Waals surface area contributed by atoms with Gasteiger partial charge in [-0.15, -0.1) is 0 Å². The molecule has 0 aromatic heterocycles. The quantitative estimate of drug-likeness (QED) is 0.174. The molecule has 3 aromatic carbocycles. The van der Waals surface area contributed by atoms with E-state index < -0.39 is 51.6 Å². The van der Waals surface area contributed by atoms with Crippen LogP contribution in [0.2, 0.25) is 10.0 Å². The molecule has 12 nitrogen and oxygen atoms in total. The number of imide groups is 1. The van der Waals surface area contributed by atoms with Crippen molar-refractivity contribution in [2.75, 3.05) is 18.4 Å². The van der Waals surface area contributed by atoms with Crippen molar-refractivity contribution in [3.8, 4) is 11.8 Å². The molecule has 4 aliphatic carbocycles. The van der Waals surface area contributed by atoms with E-state index in [9.17, 15) is 24.0 Å². The number of amides is 6. The number of benzene rings is 3. The van der Waals surface area contributed by atoms with Crippen molar-refractivity contribution < 1.29 is 33.2 Å². The minimum Gasteiger partial charge on any atom is -0.349 e. The molecule has 336 valence electrons. The highest BCUT2D eigenvalue weighted by Crippen LogP contribution is 2.63. The summed E-state index contributed by atoms with van der Waals surface area (Å²) in [6, 6.07) is 13.9. The smallest absolute Gasteiger partial charge is 0.255 e. The Bertz CT molecular complexity index is 2660.